The standard InChI is InChI=1S/C18H20N2O4S/c1-11-13(18(23)24)6-7-14(19-11)17(22)20-8-2-4-12(20)10-15(21)16-5-3-9-25-16/h3,5-7,9,12,15,21H,2,4,8,10H2,1H3,(H,23,24). The van der Waals surface area contributed by atoms with Crippen LogP contribution in [0.25, 0.3) is 0 Å². The Kier molecular flexibility index (Phi) is 5.15. The van der Waals surface area contributed by atoms with Crippen LogP contribution < -0.4 is 0 Å². The highest BCUT2D eigenvalue weighted by Crippen LogP contribution is 2.30. The number of carboxylic acids is 1. The summed E-state index contributed by atoms with van der Waals surface area (Å²) in [5.41, 5.74) is 0.676. The molecule has 2 aromatic heterocycles. The van der Waals surface area contributed by atoms with Gasteiger partial charge in [0, 0.05) is 17.5 Å². The van der Waals surface area contributed by atoms with Crippen LogP contribution in [-0.2, 0) is 0 Å². The first-order valence-corrected chi connectivity index (χ1v) is 9.08. The number of rotatable bonds is 5. The van der Waals surface area contributed by atoms with Crippen LogP contribution in [0.4, 0.5) is 0 Å². The zero-order valence-corrected chi connectivity index (χ0v) is 14.7. The molecule has 0 spiro atoms. The van der Waals surface area contributed by atoms with Crippen LogP contribution in [0.5, 0.6) is 0 Å². The maximum atomic E-state index is 12.8. The molecular formula is C18H20N2O4S. The van der Waals surface area contributed by atoms with Gasteiger partial charge in [0.25, 0.3) is 5.91 Å². The molecule has 1 amide bonds. The summed E-state index contributed by atoms with van der Waals surface area (Å²) >= 11 is 1.51. The minimum Gasteiger partial charge on any atom is -0.478 e. The molecule has 132 valence electrons. The van der Waals surface area contributed by atoms with Crippen molar-refractivity contribution >= 4 is 23.2 Å². The number of likely N-dealkylation sites (tertiary alicyclic amines) is 1. The maximum Gasteiger partial charge on any atom is 0.337 e. The topological polar surface area (TPSA) is 90.7 Å². The SMILES string of the molecule is Cc1nc(C(=O)N2CCCC2CC(O)c2cccs2)ccc1C(=O)O. The van der Waals surface area contributed by atoms with E-state index in [1.165, 1.54) is 23.5 Å². The first kappa shape index (κ1) is 17.6. The molecule has 2 N–H and O–H groups in total. The van der Waals surface area contributed by atoms with Crippen LogP contribution in [0.2, 0.25) is 0 Å². The second kappa shape index (κ2) is 7.33. The molecular weight excluding hydrogens is 340 g/mol. The molecule has 3 rings (SSSR count). The second-order valence-corrected chi connectivity index (χ2v) is 7.18. The van der Waals surface area contributed by atoms with Gasteiger partial charge in [-0.2, -0.15) is 0 Å². The van der Waals surface area contributed by atoms with E-state index in [1.807, 2.05) is 17.5 Å². The zero-order chi connectivity index (χ0) is 18.0. The molecule has 0 saturated carbocycles. The average molecular weight is 360 g/mol. The lowest BCUT2D eigenvalue weighted by atomic mass is 10.1. The van der Waals surface area contributed by atoms with Gasteiger partial charge in [-0.25, -0.2) is 9.78 Å². The van der Waals surface area contributed by atoms with Crippen LogP contribution in [0.3, 0.4) is 0 Å². The van der Waals surface area contributed by atoms with Crippen molar-refractivity contribution in [3.05, 3.63) is 51.5 Å². The first-order valence-electron chi connectivity index (χ1n) is 8.20. The van der Waals surface area contributed by atoms with E-state index < -0.39 is 12.1 Å². The Labute approximate surface area is 149 Å². The Hall–Kier alpha value is -2.25. The number of hydrogen-bond donors (Lipinski definition) is 2. The number of amides is 1. The Balaban J connectivity index is 1.74. The summed E-state index contributed by atoms with van der Waals surface area (Å²) in [6, 6.07) is 6.64. The van der Waals surface area contributed by atoms with Crippen molar-refractivity contribution in [3.8, 4) is 0 Å². The van der Waals surface area contributed by atoms with Crippen molar-refractivity contribution in [2.75, 3.05) is 6.54 Å². The Morgan fingerprint density at radius 3 is 2.84 bits per heavy atom. The molecule has 0 radical (unpaired) electrons. The molecule has 0 aromatic carbocycles. The number of carboxylic acid groups (broad SMARTS) is 1. The fourth-order valence-electron chi connectivity index (χ4n) is 3.26. The number of aromatic carboxylic acids is 1. The third-order valence-electron chi connectivity index (χ3n) is 4.54. The summed E-state index contributed by atoms with van der Waals surface area (Å²) in [6.07, 6.45) is 1.65. The summed E-state index contributed by atoms with van der Waals surface area (Å²) in [4.78, 5) is 30.7. The molecule has 0 aliphatic carbocycles. The van der Waals surface area contributed by atoms with Crippen LogP contribution in [0, 0.1) is 6.92 Å². The largest absolute Gasteiger partial charge is 0.478 e. The Bertz CT molecular complexity index is 775. The quantitative estimate of drug-likeness (QED) is 0.855. The Morgan fingerprint density at radius 1 is 1.40 bits per heavy atom. The van der Waals surface area contributed by atoms with Crippen LogP contribution in [0.1, 0.15) is 56.8 Å². The monoisotopic (exact) mass is 360 g/mol. The number of aromatic nitrogens is 1. The van der Waals surface area contributed by atoms with Gasteiger partial charge >= 0.3 is 5.97 Å². The molecule has 2 atom stereocenters. The average Bonchev–Trinajstić information content (AvgIpc) is 3.25. The van der Waals surface area contributed by atoms with Crippen molar-refractivity contribution in [1.82, 2.24) is 9.88 Å². The number of nitrogens with zero attached hydrogens (tertiary/aromatic N) is 2. The molecule has 2 unspecified atom stereocenters. The van der Waals surface area contributed by atoms with Gasteiger partial charge in [-0.05, 0) is 49.8 Å². The van der Waals surface area contributed by atoms with Gasteiger partial charge in [-0.15, -0.1) is 11.3 Å². The van der Waals surface area contributed by atoms with Gasteiger partial charge in [0.2, 0.25) is 0 Å². The number of aryl methyl sites for hydroxylation is 1. The highest BCUT2D eigenvalue weighted by Gasteiger charge is 2.32. The maximum absolute atomic E-state index is 12.8. The van der Waals surface area contributed by atoms with Gasteiger partial charge < -0.3 is 15.1 Å². The van der Waals surface area contributed by atoms with Gasteiger partial charge in [0.05, 0.1) is 17.4 Å². The minimum absolute atomic E-state index is 0.0362. The van der Waals surface area contributed by atoms with E-state index in [9.17, 15) is 14.7 Å². The van der Waals surface area contributed by atoms with E-state index in [0.29, 0.717) is 18.7 Å². The van der Waals surface area contributed by atoms with Gasteiger partial charge in [0.1, 0.15) is 5.69 Å². The smallest absolute Gasteiger partial charge is 0.337 e. The summed E-state index contributed by atoms with van der Waals surface area (Å²) in [6.45, 7) is 2.21. The molecule has 1 aliphatic rings. The number of carbonyl (C=O) groups is 2. The third-order valence-corrected chi connectivity index (χ3v) is 5.51. The molecule has 2 aromatic rings. The number of aliphatic hydroxyl groups excluding tert-OH is 1. The van der Waals surface area contributed by atoms with Crippen LogP contribution in [-0.4, -0.2) is 44.6 Å². The molecule has 25 heavy (non-hydrogen) atoms. The molecule has 6 nitrogen and oxygen atoms in total. The number of pyridine rings is 1. The number of thiophene rings is 1. The fourth-order valence-corrected chi connectivity index (χ4v) is 3.98. The van der Waals surface area contributed by atoms with E-state index in [1.54, 1.807) is 11.8 Å². The summed E-state index contributed by atoms with van der Waals surface area (Å²) in [5, 5.41) is 21.4. The Morgan fingerprint density at radius 2 is 2.20 bits per heavy atom. The second-order valence-electron chi connectivity index (χ2n) is 6.20. The number of carbonyl (C=O) groups excluding carboxylic acids is 1. The van der Waals surface area contributed by atoms with E-state index in [2.05, 4.69) is 4.98 Å². The molecule has 7 heteroatoms. The van der Waals surface area contributed by atoms with Gasteiger partial charge in [0.15, 0.2) is 0 Å². The molecule has 3 heterocycles. The van der Waals surface area contributed by atoms with Crippen LogP contribution >= 0.6 is 11.3 Å². The molecule has 0 bridgehead atoms. The van der Waals surface area contributed by atoms with Crippen molar-refractivity contribution < 1.29 is 19.8 Å². The van der Waals surface area contributed by atoms with E-state index in [-0.39, 0.29) is 23.2 Å². The van der Waals surface area contributed by atoms with Crippen molar-refractivity contribution in [2.45, 2.75) is 38.3 Å². The number of aliphatic hydroxyl groups is 1. The van der Waals surface area contributed by atoms with Gasteiger partial charge in [-0.1, -0.05) is 6.07 Å². The van der Waals surface area contributed by atoms with Crippen LogP contribution in [0.15, 0.2) is 29.6 Å². The first-order chi connectivity index (χ1) is 12.0. The highest BCUT2D eigenvalue weighted by molar-refractivity contribution is 7.10. The normalized spacial score (nSPS) is 18.3. The summed E-state index contributed by atoms with van der Waals surface area (Å²) < 4.78 is 0. The van der Waals surface area contributed by atoms with Crippen molar-refractivity contribution in [3.63, 3.8) is 0 Å². The molecule has 1 fully saturated rings. The highest BCUT2D eigenvalue weighted by atomic mass is 32.1. The lowest BCUT2D eigenvalue weighted by Crippen LogP contribution is -2.37. The summed E-state index contributed by atoms with van der Waals surface area (Å²) in [5.74, 6) is -1.26. The third kappa shape index (κ3) is 3.72. The lowest BCUT2D eigenvalue weighted by Gasteiger charge is -2.26. The van der Waals surface area contributed by atoms with E-state index in [0.717, 1.165) is 17.7 Å². The molecule has 1 saturated heterocycles. The summed E-state index contributed by atoms with van der Waals surface area (Å²) in [7, 11) is 0. The molecule has 1 aliphatic heterocycles. The van der Waals surface area contributed by atoms with Crippen molar-refractivity contribution in [2.24, 2.45) is 0 Å². The van der Waals surface area contributed by atoms with E-state index >= 15 is 0 Å². The zero-order valence-electron chi connectivity index (χ0n) is 13.9. The predicted molar refractivity (Wildman–Crippen MR) is 93.9 cm³/mol. The fraction of sp³-hybridized carbons (Fsp3) is 0.389. The van der Waals surface area contributed by atoms with Crippen molar-refractivity contribution in [1.29, 1.82) is 0 Å². The minimum atomic E-state index is -1.05. The predicted octanol–water partition coefficient (Wildman–Crippen LogP) is 2.88. The number of hydrogen-bond acceptors (Lipinski definition) is 5. The van der Waals surface area contributed by atoms with Gasteiger partial charge in [-0.3, -0.25) is 4.79 Å². The van der Waals surface area contributed by atoms with E-state index in [4.69, 9.17) is 5.11 Å². The lowest BCUT2D eigenvalue weighted by molar-refractivity contribution is 0.0656.